The van der Waals surface area contributed by atoms with Crippen LogP contribution in [0.1, 0.15) is 16.1 Å². The molecule has 1 aromatic heterocycles. The molecule has 0 atom stereocenters. The van der Waals surface area contributed by atoms with Crippen molar-refractivity contribution in [2.45, 2.75) is 10.6 Å². The van der Waals surface area contributed by atoms with Crippen molar-refractivity contribution >= 4 is 33.3 Å². The SMILES string of the molecule is COC(=O)c1ccc(S(=O)(=O)NCCC(=O)O)s1. The highest BCUT2D eigenvalue weighted by Gasteiger charge is 2.19. The highest BCUT2D eigenvalue weighted by Crippen LogP contribution is 2.21. The molecule has 2 N–H and O–H groups in total. The molecule has 0 amide bonds. The first-order chi connectivity index (χ1) is 8.36. The van der Waals surface area contributed by atoms with Crippen molar-refractivity contribution in [2.75, 3.05) is 13.7 Å². The highest BCUT2D eigenvalue weighted by atomic mass is 32.2. The van der Waals surface area contributed by atoms with Crippen molar-refractivity contribution in [1.82, 2.24) is 4.72 Å². The lowest BCUT2D eigenvalue weighted by Crippen LogP contribution is -2.25. The molecule has 0 saturated carbocycles. The number of sulfonamides is 1. The average Bonchev–Trinajstić information content (AvgIpc) is 2.77. The molecule has 7 nitrogen and oxygen atoms in total. The fourth-order valence-electron chi connectivity index (χ4n) is 1.04. The van der Waals surface area contributed by atoms with Crippen LogP contribution in [0.2, 0.25) is 0 Å². The molecule has 0 aromatic carbocycles. The van der Waals surface area contributed by atoms with Crippen LogP contribution in [0.25, 0.3) is 0 Å². The van der Waals surface area contributed by atoms with Crippen LogP contribution in [-0.4, -0.2) is 39.1 Å². The zero-order valence-electron chi connectivity index (χ0n) is 9.37. The predicted molar refractivity (Wildman–Crippen MR) is 63.1 cm³/mol. The third-order valence-electron chi connectivity index (χ3n) is 1.86. The number of hydrogen-bond donors (Lipinski definition) is 2. The van der Waals surface area contributed by atoms with Crippen LogP contribution in [-0.2, 0) is 19.6 Å². The minimum atomic E-state index is -3.78. The summed E-state index contributed by atoms with van der Waals surface area (Å²) < 4.78 is 29.9. The van der Waals surface area contributed by atoms with Gasteiger partial charge in [0.05, 0.1) is 13.5 Å². The van der Waals surface area contributed by atoms with E-state index in [1.807, 2.05) is 0 Å². The second-order valence-electron chi connectivity index (χ2n) is 3.15. The molecule has 1 rings (SSSR count). The van der Waals surface area contributed by atoms with Gasteiger partial charge in [0.15, 0.2) is 0 Å². The molecule has 0 unspecified atom stereocenters. The molecule has 9 heteroatoms. The first kappa shape index (κ1) is 14.6. The van der Waals surface area contributed by atoms with E-state index in [1.165, 1.54) is 19.2 Å². The van der Waals surface area contributed by atoms with Crippen molar-refractivity contribution in [3.63, 3.8) is 0 Å². The molecule has 0 bridgehead atoms. The topological polar surface area (TPSA) is 110 Å². The van der Waals surface area contributed by atoms with Gasteiger partial charge >= 0.3 is 11.9 Å². The molecule has 0 saturated heterocycles. The zero-order valence-corrected chi connectivity index (χ0v) is 11.0. The summed E-state index contributed by atoms with van der Waals surface area (Å²) in [6.07, 6.45) is -0.311. The molecule has 1 aromatic rings. The molecule has 18 heavy (non-hydrogen) atoms. The van der Waals surface area contributed by atoms with E-state index in [0.29, 0.717) is 0 Å². The Morgan fingerprint density at radius 3 is 2.67 bits per heavy atom. The summed E-state index contributed by atoms with van der Waals surface area (Å²) in [4.78, 5) is 21.6. The van der Waals surface area contributed by atoms with E-state index < -0.39 is 22.0 Å². The van der Waals surface area contributed by atoms with Crippen molar-refractivity contribution in [1.29, 1.82) is 0 Å². The molecule has 0 fully saturated rings. The number of hydrogen-bond acceptors (Lipinski definition) is 6. The molecular weight excluding hydrogens is 282 g/mol. The van der Waals surface area contributed by atoms with E-state index in [2.05, 4.69) is 9.46 Å². The zero-order chi connectivity index (χ0) is 13.8. The molecule has 0 aliphatic heterocycles. The van der Waals surface area contributed by atoms with Gasteiger partial charge in [-0.1, -0.05) is 0 Å². The second kappa shape index (κ2) is 5.94. The Morgan fingerprint density at radius 1 is 1.44 bits per heavy atom. The van der Waals surface area contributed by atoms with E-state index >= 15 is 0 Å². The van der Waals surface area contributed by atoms with Gasteiger partial charge in [-0.3, -0.25) is 4.79 Å². The van der Waals surface area contributed by atoms with Crippen molar-refractivity contribution < 1.29 is 27.9 Å². The summed E-state index contributed by atoms with van der Waals surface area (Å²) in [7, 11) is -2.58. The normalized spacial score (nSPS) is 11.2. The third kappa shape index (κ3) is 3.79. The number of thiophene rings is 1. The lowest BCUT2D eigenvalue weighted by atomic mass is 10.5. The van der Waals surface area contributed by atoms with Gasteiger partial charge in [-0.2, -0.15) is 0 Å². The van der Waals surface area contributed by atoms with Crippen LogP contribution >= 0.6 is 11.3 Å². The number of aliphatic carboxylic acids is 1. The fourth-order valence-corrected chi connectivity index (χ4v) is 3.34. The second-order valence-corrected chi connectivity index (χ2v) is 6.23. The molecule has 100 valence electrons. The van der Waals surface area contributed by atoms with Gasteiger partial charge in [-0.05, 0) is 12.1 Å². The van der Waals surface area contributed by atoms with E-state index in [-0.39, 0.29) is 22.1 Å². The number of carbonyl (C=O) groups is 2. The quantitative estimate of drug-likeness (QED) is 0.729. The van der Waals surface area contributed by atoms with E-state index in [1.54, 1.807) is 0 Å². The van der Waals surface area contributed by atoms with Gasteiger partial charge in [0.2, 0.25) is 10.0 Å². The summed E-state index contributed by atoms with van der Waals surface area (Å²) in [5, 5.41) is 8.40. The van der Waals surface area contributed by atoms with Crippen LogP contribution in [0.5, 0.6) is 0 Å². The maximum Gasteiger partial charge on any atom is 0.348 e. The first-order valence-corrected chi connectivity index (χ1v) is 7.06. The Morgan fingerprint density at radius 2 is 2.11 bits per heavy atom. The number of ether oxygens (including phenoxy) is 1. The van der Waals surface area contributed by atoms with Crippen molar-refractivity contribution in [3.05, 3.63) is 17.0 Å². The minimum absolute atomic E-state index is 0.0618. The molecular formula is C9H11NO6S2. The third-order valence-corrected chi connectivity index (χ3v) is 4.88. The summed E-state index contributed by atoms with van der Waals surface area (Å²) >= 11 is 0.759. The predicted octanol–water partition coefficient (Wildman–Crippen LogP) is 0.288. The van der Waals surface area contributed by atoms with Gasteiger partial charge in [-0.25, -0.2) is 17.9 Å². The Bertz CT molecular complexity index is 547. The van der Waals surface area contributed by atoms with E-state index in [4.69, 9.17) is 5.11 Å². The summed E-state index contributed by atoms with van der Waals surface area (Å²) in [5.41, 5.74) is 0. The molecule has 1 heterocycles. The number of carboxylic acid groups (broad SMARTS) is 1. The Hall–Kier alpha value is -1.45. The Balaban J connectivity index is 2.76. The molecule has 0 aliphatic rings. The number of nitrogens with one attached hydrogen (secondary N) is 1. The Labute approximate surface area is 107 Å². The van der Waals surface area contributed by atoms with Crippen LogP contribution < -0.4 is 4.72 Å². The number of carbonyl (C=O) groups excluding carboxylic acids is 1. The number of carboxylic acids is 1. The summed E-state index contributed by atoms with van der Waals surface area (Å²) in [5.74, 6) is -1.72. The van der Waals surface area contributed by atoms with Gasteiger partial charge in [0, 0.05) is 6.54 Å². The van der Waals surface area contributed by atoms with E-state index in [9.17, 15) is 18.0 Å². The smallest absolute Gasteiger partial charge is 0.348 e. The standard InChI is InChI=1S/C9H11NO6S2/c1-16-9(13)6-2-3-8(17-6)18(14,15)10-5-4-7(11)12/h2-3,10H,4-5H2,1H3,(H,11,12). The Kier molecular flexibility index (Phi) is 4.82. The average molecular weight is 293 g/mol. The summed E-state index contributed by atoms with van der Waals surface area (Å²) in [6.45, 7) is -0.205. The van der Waals surface area contributed by atoms with Gasteiger partial charge in [-0.15, -0.1) is 11.3 Å². The fraction of sp³-hybridized carbons (Fsp3) is 0.333. The lowest BCUT2D eigenvalue weighted by molar-refractivity contribution is -0.136. The van der Waals surface area contributed by atoms with Gasteiger partial charge in [0.25, 0.3) is 0 Å². The van der Waals surface area contributed by atoms with Crippen LogP contribution in [0.4, 0.5) is 0 Å². The minimum Gasteiger partial charge on any atom is -0.481 e. The number of rotatable bonds is 6. The van der Waals surface area contributed by atoms with Crippen molar-refractivity contribution in [2.24, 2.45) is 0 Å². The largest absolute Gasteiger partial charge is 0.481 e. The van der Waals surface area contributed by atoms with Gasteiger partial charge in [0.1, 0.15) is 9.09 Å². The molecule has 0 spiro atoms. The first-order valence-electron chi connectivity index (χ1n) is 4.76. The van der Waals surface area contributed by atoms with Crippen LogP contribution in [0.3, 0.4) is 0 Å². The number of methoxy groups -OCH3 is 1. The number of esters is 1. The van der Waals surface area contributed by atoms with Crippen LogP contribution in [0.15, 0.2) is 16.3 Å². The highest BCUT2D eigenvalue weighted by molar-refractivity contribution is 7.91. The molecule has 0 radical (unpaired) electrons. The molecule has 0 aliphatic carbocycles. The summed E-state index contributed by atoms with van der Waals surface area (Å²) in [6, 6.07) is 2.60. The van der Waals surface area contributed by atoms with Crippen molar-refractivity contribution in [3.8, 4) is 0 Å². The van der Waals surface area contributed by atoms with E-state index in [0.717, 1.165) is 11.3 Å². The maximum atomic E-state index is 11.7. The maximum absolute atomic E-state index is 11.7. The lowest BCUT2D eigenvalue weighted by Gasteiger charge is -2.02. The van der Waals surface area contributed by atoms with Gasteiger partial charge < -0.3 is 9.84 Å². The van der Waals surface area contributed by atoms with Crippen LogP contribution in [0, 0.1) is 0 Å². The monoisotopic (exact) mass is 293 g/mol.